The first-order valence-electron chi connectivity index (χ1n) is 9.04. The Morgan fingerprint density at radius 3 is 2.67 bits per heavy atom. The Morgan fingerprint density at radius 1 is 1.07 bits per heavy atom. The maximum atomic E-state index is 13.5. The maximum Gasteiger partial charge on any atom is 0.169 e. The number of fused-ring (bicyclic) bond motifs is 1. The van der Waals surface area contributed by atoms with E-state index in [1.54, 1.807) is 18.2 Å². The Kier molecular flexibility index (Phi) is 5.67. The number of oxime groups is 1. The summed E-state index contributed by atoms with van der Waals surface area (Å²) in [6, 6.07) is 17.6. The van der Waals surface area contributed by atoms with E-state index in [0.717, 1.165) is 10.8 Å². The lowest BCUT2D eigenvalue weighted by Gasteiger charge is -2.06. The first-order chi connectivity index (χ1) is 14.6. The quantitative estimate of drug-likeness (QED) is 0.187. The Morgan fingerprint density at radius 2 is 1.87 bits per heavy atom. The molecule has 4 rings (SSSR count). The van der Waals surface area contributed by atoms with Crippen LogP contribution in [0.4, 0.5) is 4.39 Å². The van der Waals surface area contributed by atoms with Crippen LogP contribution in [0.25, 0.3) is 10.8 Å². The summed E-state index contributed by atoms with van der Waals surface area (Å²) in [6.45, 7) is 0. The van der Waals surface area contributed by atoms with Crippen molar-refractivity contribution in [3.8, 4) is 0 Å². The van der Waals surface area contributed by atoms with E-state index in [1.165, 1.54) is 6.07 Å². The molecular formula is C22H15BrFN3O3. The number of hydrogen-bond donors (Lipinski definition) is 1. The molecule has 0 aliphatic carbocycles. The number of ketones is 1. The summed E-state index contributed by atoms with van der Waals surface area (Å²) in [5.74, 6) is -0.559. The minimum atomic E-state index is -0.397. The average molecular weight is 468 g/mol. The van der Waals surface area contributed by atoms with Crippen LogP contribution in [0.3, 0.4) is 0 Å². The summed E-state index contributed by atoms with van der Waals surface area (Å²) in [5.41, 5.74) is 1.86. The number of nitrogens with zero attached hydrogens (tertiary/aromatic N) is 3. The highest BCUT2D eigenvalue weighted by Gasteiger charge is 2.21. The molecule has 0 atom stereocenters. The molecule has 0 unspecified atom stereocenters. The zero-order chi connectivity index (χ0) is 21.1. The summed E-state index contributed by atoms with van der Waals surface area (Å²) >= 11 is 3.13. The van der Waals surface area contributed by atoms with Gasteiger partial charge >= 0.3 is 0 Å². The van der Waals surface area contributed by atoms with Crippen molar-refractivity contribution in [1.29, 1.82) is 0 Å². The highest BCUT2D eigenvalue weighted by atomic mass is 79.9. The Labute approximate surface area is 179 Å². The lowest BCUT2D eigenvalue weighted by atomic mass is 9.97. The van der Waals surface area contributed by atoms with Crippen molar-refractivity contribution in [2.75, 3.05) is 0 Å². The Hall–Kier alpha value is -3.39. The van der Waals surface area contributed by atoms with Crippen molar-refractivity contribution < 1.29 is 19.0 Å². The molecule has 150 valence electrons. The second-order valence-electron chi connectivity index (χ2n) is 6.66. The lowest BCUT2D eigenvalue weighted by molar-refractivity contribution is 0.0992. The number of benzene rings is 3. The second-order valence-corrected chi connectivity index (χ2v) is 7.51. The van der Waals surface area contributed by atoms with E-state index in [9.17, 15) is 14.4 Å². The van der Waals surface area contributed by atoms with Crippen molar-refractivity contribution in [1.82, 2.24) is 10.3 Å². The zero-order valence-corrected chi connectivity index (χ0v) is 17.1. The highest BCUT2D eigenvalue weighted by Crippen LogP contribution is 2.22. The van der Waals surface area contributed by atoms with Gasteiger partial charge in [-0.05, 0) is 49.6 Å². The van der Waals surface area contributed by atoms with Gasteiger partial charge in [0.15, 0.2) is 11.5 Å². The van der Waals surface area contributed by atoms with E-state index >= 15 is 0 Å². The molecule has 0 fully saturated rings. The van der Waals surface area contributed by atoms with Crippen LogP contribution in [0.1, 0.15) is 27.3 Å². The third-order valence-corrected chi connectivity index (χ3v) is 5.33. The van der Waals surface area contributed by atoms with Gasteiger partial charge in [-0.2, -0.15) is 0 Å². The van der Waals surface area contributed by atoms with Crippen molar-refractivity contribution in [3.05, 3.63) is 93.5 Å². The van der Waals surface area contributed by atoms with Crippen molar-refractivity contribution in [2.45, 2.75) is 12.8 Å². The van der Waals surface area contributed by atoms with Crippen molar-refractivity contribution >= 4 is 38.2 Å². The average Bonchev–Trinajstić information content (AvgIpc) is 3.21. The predicted octanol–water partition coefficient (Wildman–Crippen LogP) is 4.97. The molecule has 0 spiro atoms. The van der Waals surface area contributed by atoms with Crippen LogP contribution in [0.2, 0.25) is 0 Å². The Balaban J connectivity index is 1.60. The summed E-state index contributed by atoms with van der Waals surface area (Å²) < 4.78 is 18.6. The molecule has 8 heteroatoms. The van der Waals surface area contributed by atoms with E-state index in [0.29, 0.717) is 15.6 Å². The fourth-order valence-electron chi connectivity index (χ4n) is 3.27. The van der Waals surface area contributed by atoms with Gasteiger partial charge < -0.3 is 5.21 Å². The monoisotopic (exact) mass is 467 g/mol. The van der Waals surface area contributed by atoms with E-state index < -0.39 is 5.82 Å². The van der Waals surface area contributed by atoms with Crippen LogP contribution in [-0.4, -0.2) is 27.0 Å². The molecule has 6 nitrogen and oxygen atoms in total. The van der Waals surface area contributed by atoms with Gasteiger partial charge in [-0.25, -0.2) is 9.02 Å². The van der Waals surface area contributed by atoms with Gasteiger partial charge in [0, 0.05) is 12.0 Å². The topological polar surface area (TPSA) is 88.6 Å². The molecule has 0 radical (unpaired) electrons. The second kappa shape index (κ2) is 8.54. The van der Waals surface area contributed by atoms with Crippen LogP contribution in [-0.2, 0) is 12.8 Å². The summed E-state index contributed by atoms with van der Waals surface area (Å²) in [6.07, 6.45) is 0.0814. The molecule has 0 bridgehead atoms. The molecule has 1 heterocycles. The number of carbonyl (C=O) groups excluding carboxylic acids is 1. The predicted molar refractivity (Wildman–Crippen MR) is 112 cm³/mol. The minimum absolute atomic E-state index is 0.0705. The molecule has 0 saturated heterocycles. The standard InChI is InChI=1S/C22H15BrFN3O3/c23-17-10-13(8-9-18(17)24)11-19(25-29)22-20(26-30-27-22)12-21(28)16-7-3-5-14-4-1-2-6-15(14)16/h1-10,29H,11-12H2/b25-19+. The third kappa shape index (κ3) is 3.99. The molecule has 0 amide bonds. The fourth-order valence-corrected chi connectivity index (χ4v) is 3.69. The summed E-state index contributed by atoms with van der Waals surface area (Å²) in [7, 11) is 0. The number of halogens is 2. The number of Topliss-reactive ketones (excluding diaryl/α,β-unsaturated/α-hetero) is 1. The highest BCUT2D eigenvalue weighted by molar-refractivity contribution is 9.10. The minimum Gasteiger partial charge on any atom is -0.411 e. The van der Waals surface area contributed by atoms with Gasteiger partial charge in [0.1, 0.15) is 17.2 Å². The molecule has 1 aromatic heterocycles. The van der Waals surface area contributed by atoms with Gasteiger partial charge in [0.2, 0.25) is 0 Å². The van der Waals surface area contributed by atoms with Crippen LogP contribution < -0.4 is 0 Å². The van der Waals surface area contributed by atoms with Gasteiger partial charge in [0.05, 0.1) is 10.9 Å². The number of rotatable bonds is 6. The number of aromatic nitrogens is 2. The normalized spacial score (nSPS) is 11.7. The first kappa shape index (κ1) is 19.9. The maximum absolute atomic E-state index is 13.5. The lowest BCUT2D eigenvalue weighted by Crippen LogP contribution is -2.12. The molecule has 3 aromatic carbocycles. The third-order valence-electron chi connectivity index (χ3n) is 4.72. The van der Waals surface area contributed by atoms with Crippen LogP contribution >= 0.6 is 15.9 Å². The molecule has 0 aliphatic heterocycles. The van der Waals surface area contributed by atoms with Crippen LogP contribution in [0.15, 0.2) is 74.9 Å². The van der Waals surface area contributed by atoms with E-state index in [-0.39, 0.29) is 35.7 Å². The van der Waals surface area contributed by atoms with Gasteiger partial charge in [-0.15, -0.1) is 0 Å². The summed E-state index contributed by atoms with van der Waals surface area (Å²) in [4.78, 5) is 13.0. The van der Waals surface area contributed by atoms with Crippen molar-refractivity contribution in [2.24, 2.45) is 5.16 Å². The Bertz CT molecular complexity index is 1260. The SMILES string of the molecule is O=C(Cc1nonc1/C(Cc1ccc(F)c(Br)c1)=N/O)c1cccc2ccccc12. The van der Waals surface area contributed by atoms with Crippen LogP contribution in [0.5, 0.6) is 0 Å². The number of hydrogen-bond acceptors (Lipinski definition) is 6. The van der Waals surface area contributed by atoms with Gasteiger partial charge in [-0.3, -0.25) is 4.79 Å². The molecule has 4 aromatic rings. The molecular weight excluding hydrogens is 453 g/mol. The molecule has 1 N–H and O–H groups in total. The molecule has 0 saturated carbocycles. The summed E-state index contributed by atoms with van der Waals surface area (Å²) in [5, 5.41) is 22.3. The van der Waals surface area contributed by atoms with Gasteiger partial charge in [0.25, 0.3) is 0 Å². The number of carbonyl (C=O) groups is 1. The fraction of sp³-hybridized carbons (Fsp3) is 0.0909. The van der Waals surface area contributed by atoms with E-state index in [4.69, 9.17) is 4.63 Å². The first-order valence-corrected chi connectivity index (χ1v) is 9.83. The molecule has 0 aliphatic rings. The van der Waals surface area contributed by atoms with Crippen molar-refractivity contribution in [3.63, 3.8) is 0 Å². The van der Waals surface area contributed by atoms with E-state index in [1.807, 2.05) is 36.4 Å². The zero-order valence-electron chi connectivity index (χ0n) is 15.5. The molecule has 30 heavy (non-hydrogen) atoms. The largest absolute Gasteiger partial charge is 0.411 e. The van der Waals surface area contributed by atoms with E-state index in [2.05, 4.69) is 31.4 Å². The smallest absolute Gasteiger partial charge is 0.169 e. The van der Waals surface area contributed by atoms with Crippen LogP contribution in [0, 0.1) is 5.82 Å². The van der Waals surface area contributed by atoms with Gasteiger partial charge in [-0.1, -0.05) is 58.8 Å².